The molecule has 0 amide bonds. The predicted octanol–water partition coefficient (Wildman–Crippen LogP) is 4.45. The van der Waals surface area contributed by atoms with Crippen LogP contribution in [0.4, 0.5) is 4.39 Å². The van der Waals surface area contributed by atoms with E-state index in [1.165, 1.54) is 17.7 Å². The van der Waals surface area contributed by atoms with Crippen molar-refractivity contribution in [3.05, 3.63) is 65.5 Å². The average Bonchev–Trinajstić information content (AvgIpc) is 3.04. The van der Waals surface area contributed by atoms with Gasteiger partial charge in [-0.15, -0.1) is 12.4 Å². The molecule has 0 bridgehead atoms. The van der Waals surface area contributed by atoms with Gasteiger partial charge < -0.3 is 14.8 Å². The number of halogens is 2. The summed E-state index contributed by atoms with van der Waals surface area (Å²) in [6.07, 6.45) is 3.33. The van der Waals surface area contributed by atoms with Gasteiger partial charge in [-0.3, -0.25) is 0 Å². The van der Waals surface area contributed by atoms with Crippen LogP contribution >= 0.6 is 12.4 Å². The van der Waals surface area contributed by atoms with Crippen LogP contribution in [0.25, 0.3) is 0 Å². The maximum Gasteiger partial charge on any atom is 0.123 e. The number of rotatable bonds is 4. The van der Waals surface area contributed by atoms with Gasteiger partial charge >= 0.3 is 0 Å². The summed E-state index contributed by atoms with van der Waals surface area (Å²) < 4.78 is 25.2. The molecule has 4 rings (SSSR count). The quantitative estimate of drug-likeness (QED) is 0.853. The van der Waals surface area contributed by atoms with E-state index in [1.807, 2.05) is 18.2 Å². The molecule has 5 heteroatoms. The van der Waals surface area contributed by atoms with Crippen LogP contribution in [0.2, 0.25) is 0 Å². The van der Waals surface area contributed by atoms with Crippen molar-refractivity contribution in [2.45, 2.75) is 37.4 Å². The molecule has 2 aliphatic rings. The molecule has 2 aromatic carbocycles. The first-order chi connectivity index (χ1) is 12.2. The minimum atomic E-state index is -0.232. The van der Waals surface area contributed by atoms with Crippen molar-refractivity contribution in [1.82, 2.24) is 5.32 Å². The molecule has 0 radical (unpaired) electrons. The van der Waals surface area contributed by atoms with Crippen LogP contribution < -0.4 is 10.1 Å². The van der Waals surface area contributed by atoms with E-state index in [4.69, 9.17) is 9.47 Å². The molecular formula is C21H25ClFNO2. The molecular weight excluding hydrogens is 353 g/mol. The first-order valence-electron chi connectivity index (χ1n) is 9.04. The Labute approximate surface area is 160 Å². The van der Waals surface area contributed by atoms with E-state index >= 15 is 0 Å². The zero-order valence-corrected chi connectivity index (χ0v) is 15.6. The van der Waals surface area contributed by atoms with Crippen LogP contribution in [0.3, 0.4) is 0 Å². The topological polar surface area (TPSA) is 30.5 Å². The predicted molar refractivity (Wildman–Crippen MR) is 103 cm³/mol. The van der Waals surface area contributed by atoms with Crippen molar-refractivity contribution in [3.8, 4) is 5.75 Å². The number of ether oxygens (including phenoxy) is 2. The summed E-state index contributed by atoms with van der Waals surface area (Å²) in [5.41, 5.74) is 2.23. The van der Waals surface area contributed by atoms with Crippen molar-refractivity contribution >= 4 is 12.4 Å². The number of piperidine rings is 1. The van der Waals surface area contributed by atoms with Gasteiger partial charge in [0, 0.05) is 5.92 Å². The van der Waals surface area contributed by atoms with Gasteiger partial charge in [0.1, 0.15) is 18.2 Å². The zero-order chi connectivity index (χ0) is 17.1. The third kappa shape index (κ3) is 4.37. The highest BCUT2D eigenvalue weighted by molar-refractivity contribution is 5.85. The van der Waals surface area contributed by atoms with Gasteiger partial charge in [-0.1, -0.05) is 24.3 Å². The highest BCUT2D eigenvalue weighted by atomic mass is 35.5. The summed E-state index contributed by atoms with van der Waals surface area (Å²) in [4.78, 5) is 0. The highest BCUT2D eigenvalue weighted by Crippen LogP contribution is 2.41. The summed E-state index contributed by atoms with van der Waals surface area (Å²) >= 11 is 0. The minimum absolute atomic E-state index is 0. The molecule has 0 unspecified atom stereocenters. The number of nitrogens with one attached hydrogen (secondary N) is 1. The Hall–Kier alpha value is -1.62. The standard InChI is InChI=1S/C21H24FNO2.ClH/c22-19-3-1-2-16(12-19)14-24-20-6-4-17(5-7-20)18-13-21(25-15-18)8-10-23-11-9-21;/h1-7,12,18,23H,8-11,13-15H2;1H/t18-;/m0./s1. The van der Waals surface area contributed by atoms with Gasteiger partial charge in [-0.25, -0.2) is 4.39 Å². The monoisotopic (exact) mass is 377 g/mol. The maximum absolute atomic E-state index is 13.2. The Morgan fingerprint density at radius 2 is 1.88 bits per heavy atom. The van der Waals surface area contributed by atoms with Crippen molar-refractivity contribution in [3.63, 3.8) is 0 Å². The molecule has 26 heavy (non-hydrogen) atoms. The Kier molecular flexibility index (Phi) is 6.17. The van der Waals surface area contributed by atoms with Crippen molar-refractivity contribution < 1.29 is 13.9 Å². The third-order valence-electron chi connectivity index (χ3n) is 5.37. The van der Waals surface area contributed by atoms with Gasteiger partial charge in [-0.05, 0) is 67.7 Å². The van der Waals surface area contributed by atoms with E-state index in [2.05, 4.69) is 17.4 Å². The van der Waals surface area contributed by atoms with Gasteiger partial charge in [0.15, 0.2) is 0 Å². The number of benzene rings is 2. The van der Waals surface area contributed by atoms with Crippen LogP contribution in [0.5, 0.6) is 5.75 Å². The summed E-state index contributed by atoms with van der Waals surface area (Å²) in [6, 6.07) is 14.8. The van der Waals surface area contributed by atoms with Gasteiger partial charge in [0.05, 0.1) is 12.2 Å². The van der Waals surface area contributed by atoms with E-state index in [9.17, 15) is 4.39 Å². The Morgan fingerprint density at radius 1 is 1.12 bits per heavy atom. The molecule has 1 atom stereocenters. The molecule has 1 spiro atoms. The molecule has 2 aromatic rings. The van der Waals surface area contributed by atoms with E-state index in [-0.39, 0.29) is 23.8 Å². The summed E-state index contributed by atoms with van der Waals surface area (Å²) in [5.74, 6) is 1.04. The molecule has 0 saturated carbocycles. The SMILES string of the molecule is Cl.Fc1cccc(COc2ccc([C@@H]3COC4(CCNCC4)C3)cc2)c1. The third-order valence-corrected chi connectivity index (χ3v) is 5.37. The fourth-order valence-electron chi connectivity index (χ4n) is 3.92. The first-order valence-corrected chi connectivity index (χ1v) is 9.04. The Balaban J connectivity index is 0.00000196. The second-order valence-corrected chi connectivity index (χ2v) is 7.13. The van der Waals surface area contributed by atoms with Crippen LogP contribution in [0.1, 0.15) is 36.3 Å². The zero-order valence-electron chi connectivity index (χ0n) is 14.7. The molecule has 3 nitrogen and oxygen atoms in total. The molecule has 140 valence electrons. The van der Waals surface area contributed by atoms with Crippen molar-refractivity contribution in [2.75, 3.05) is 19.7 Å². The summed E-state index contributed by atoms with van der Waals surface area (Å²) in [7, 11) is 0. The number of hydrogen-bond acceptors (Lipinski definition) is 3. The number of hydrogen-bond donors (Lipinski definition) is 1. The second-order valence-electron chi connectivity index (χ2n) is 7.13. The molecule has 0 aliphatic carbocycles. The van der Waals surface area contributed by atoms with Crippen LogP contribution in [-0.4, -0.2) is 25.3 Å². The fourth-order valence-corrected chi connectivity index (χ4v) is 3.92. The van der Waals surface area contributed by atoms with E-state index in [0.717, 1.165) is 50.3 Å². The first kappa shape index (κ1) is 19.2. The Bertz CT molecular complexity index is 716. The lowest BCUT2D eigenvalue weighted by atomic mass is 9.84. The fraction of sp³-hybridized carbons (Fsp3) is 0.429. The summed E-state index contributed by atoms with van der Waals surface area (Å²) in [5, 5.41) is 3.41. The highest BCUT2D eigenvalue weighted by Gasteiger charge is 2.41. The molecule has 0 aromatic heterocycles. The summed E-state index contributed by atoms with van der Waals surface area (Å²) in [6.45, 7) is 3.29. The van der Waals surface area contributed by atoms with Crippen molar-refractivity contribution in [1.29, 1.82) is 0 Å². The smallest absolute Gasteiger partial charge is 0.123 e. The minimum Gasteiger partial charge on any atom is -0.489 e. The average molecular weight is 378 g/mol. The molecule has 1 N–H and O–H groups in total. The van der Waals surface area contributed by atoms with E-state index in [1.54, 1.807) is 6.07 Å². The Morgan fingerprint density at radius 3 is 2.62 bits per heavy atom. The van der Waals surface area contributed by atoms with E-state index < -0.39 is 0 Å². The van der Waals surface area contributed by atoms with Crippen molar-refractivity contribution in [2.24, 2.45) is 0 Å². The van der Waals surface area contributed by atoms with Crippen LogP contribution in [0, 0.1) is 5.82 Å². The lowest BCUT2D eigenvalue weighted by Crippen LogP contribution is -2.41. The van der Waals surface area contributed by atoms with Gasteiger partial charge in [0.25, 0.3) is 0 Å². The lowest BCUT2D eigenvalue weighted by molar-refractivity contribution is -0.0193. The molecule has 2 aliphatic heterocycles. The molecule has 2 saturated heterocycles. The maximum atomic E-state index is 13.2. The van der Waals surface area contributed by atoms with Gasteiger partial charge in [0.2, 0.25) is 0 Å². The normalized spacial score (nSPS) is 21.3. The molecule has 2 heterocycles. The lowest BCUT2D eigenvalue weighted by Gasteiger charge is -2.33. The van der Waals surface area contributed by atoms with Crippen LogP contribution in [0.15, 0.2) is 48.5 Å². The van der Waals surface area contributed by atoms with Gasteiger partial charge in [-0.2, -0.15) is 0 Å². The molecule has 2 fully saturated rings. The van der Waals surface area contributed by atoms with Crippen LogP contribution in [-0.2, 0) is 11.3 Å². The largest absolute Gasteiger partial charge is 0.489 e. The second kappa shape index (κ2) is 8.38. The van der Waals surface area contributed by atoms with E-state index in [0.29, 0.717) is 12.5 Å².